The molecule has 0 amide bonds. The number of nitrogens with two attached hydrogens (primary N) is 1. The highest BCUT2D eigenvalue weighted by Gasteiger charge is 2.19. The zero-order valence-electron chi connectivity index (χ0n) is 14.6. The molecule has 0 aliphatic carbocycles. The van der Waals surface area contributed by atoms with Crippen LogP contribution in [0.15, 0.2) is 36.4 Å². The second-order valence-corrected chi connectivity index (χ2v) is 6.34. The normalized spacial score (nSPS) is 11.0. The van der Waals surface area contributed by atoms with Crippen molar-refractivity contribution in [3.63, 3.8) is 0 Å². The Bertz CT molecular complexity index is 874. The van der Waals surface area contributed by atoms with E-state index in [1.165, 1.54) is 5.56 Å². The molecule has 0 atom stereocenters. The fraction of sp³-hybridized carbons (Fsp3) is 0.300. The SMILES string of the molecule is COc1cccc(-c2[nH]c3c(Cl)cccc3c2CCCCN)c1OC. The average Bonchev–Trinajstić information content (AvgIpc) is 3.01. The molecule has 0 fully saturated rings. The van der Waals surface area contributed by atoms with Gasteiger partial charge in [0.25, 0.3) is 0 Å². The number of aryl methyl sites for hydroxylation is 1. The molecule has 3 rings (SSSR count). The van der Waals surface area contributed by atoms with Crippen LogP contribution in [0.5, 0.6) is 11.5 Å². The van der Waals surface area contributed by atoms with Crippen LogP contribution in [-0.4, -0.2) is 25.7 Å². The number of benzene rings is 2. The zero-order valence-corrected chi connectivity index (χ0v) is 15.3. The lowest BCUT2D eigenvalue weighted by Gasteiger charge is -2.13. The van der Waals surface area contributed by atoms with Gasteiger partial charge in [0.05, 0.1) is 30.5 Å². The van der Waals surface area contributed by atoms with Gasteiger partial charge in [0.2, 0.25) is 0 Å². The summed E-state index contributed by atoms with van der Waals surface area (Å²) in [5.74, 6) is 1.42. The van der Waals surface area contributed by atoms with Gasteiger partial charge < -0.3 is 20.2 Å². The van der Waals surface area contributed by atoms with Crippen LogP contribution in [0.3, 0.4) is 0 Å². The summed E-state index contributed by atoms with van der Waals surface area (Å²) in [6, 6.07) is 11.9. The third kappa shape index (κ3) is 3.32. The summed E-state index contributed by atoms with van der Waals surface area (Å²) in [5, 5.41) is 1.86. The highest BCUT2D eigenvalue weighted by atomic mass is 35.5. The number of nitrogens with one attached hydrogen (secondary N) is 1. The highest BCUT2D eigenvalue weighted by Crippen LogP contribution is 2.42. The number of unbranched alkanes of at least 4 members (excludes halogenated alkanes) is 1. The Morgan fingerprint density at radius 1 is 1.04 bits per heavy atom. The second kappa shape index (κ2) is 7.81. The number of ether oxygens (including phenoxy) is 2. The first-order valence-corrected chi connectivity index (χ1v) is 8.79. The van der Waals surface area contributed by atoms with Gasteiger partial charge in [-0.1, -0.05) is 29.8 Å². The molecule has 4 nitrogen and oxygen atoms in total. The van der Waals surface area contributed by atoms with E-state index in [2.05, 4.69) is 11.1 Å². The number of hydrogen-bond acceptors (Lipinski definition) is 3. The molecule has 1 heterocycles. The molecule has 5 heteroatoms. The monoisotopic (exact) mass is 358 g/mol. The molecular formula is C20H23ClN2O2. The minimum Gasteiger partial charge on any atom is -0.493 e. The van der Waals surface area contributed by atoms with Crippen LogP contribution >= 0.6 is 11.6 Å². The van der Waals surface area contributed by atoms with Crippen LogP contribution in [0.4, 0.5) is 0 Å². The third-order valence-electron chi connectivity index (χ3n) is 4.44. The largest absolute Gasteiger partial charge is 0.493 e. The lowest BCUT2D eigenvalue weighted by molar-refractivity contribution is 0.356. The minimum atomic E-state index is 0.695. The van der Waals surface area contributed by atoms with Gasteiger partial charge in [0, 0.05) is 10.9 Å². The van der Waals surface area contributed by atoms with Crippen LogP contribution in [0.2, 0.25) is 5.02 Å². The van der Waals surface area contributed by atoms with Crippen LogP contribution in [-0.2, 0) is 6.42 Å². The number of fused-ring (bicyclic) bond motifs is 1. The van der Waals surface area contributed by atoms with Gasteiger partial charge in [0.15, 0.2) is 11.5 Å². The summed E-state index contributed by atoms with van der Waals surface area (Å²) < 4.78 is 11.1. The third-order valence-corrected chi connectivity index (χ3v) is 4.76. The number of aromatic nitrogens is 1. The van der Waals surface area contributed by atoms with E-state index in [9.17, 15) is 0 Å². The van der Waals surface area contributed by atoms with Gasteiger partial charge in [-0.25, -0.2) is 0 Å². The Balaban J connectivity index is 2.21. The molecule has 132 valence electrons. The van der Waals surface area contributed by atoms with Crippen molar-refractivity contribution in [3.8, 4) is 22.8 Å². The number of halogens is 1. The maximum atomic E-state index is 6.42. The first-order chi connectivity index (χ1) is 12.2. The first-order valence-electron chi connectivity index (χ1n) is 8.41. The molecule has 2 aromatic carbocycles. The number of aromatic amines is 1. The van der Waals surface area contributed by atoms with Crippen molar-refractivity contribution in [1.29, 1.82) is 0 Å². The molecule has 25 heavy (non-hydrogen) atoms. The molecule has 0 bridgehead atoms. The zero-order chi connectivity index (χ0) is 17.8. The maximum Gasteiger partial charge on any atom is 0.170 e. The van der Waals surface area contributed by atoms with Gasteiger partial charge in [-0.3, -0.25) is 0 Å². The van der Waals surface area contributed by atoms with Crippen molar-refractivity contribution in [2.24, 2.45) is 5.73 Å². The molecule has 0 aliphatic rings. The fourth-order valence-corrected chi connectivity index (χ4v) is 3.48. The molecule has 0 unspecified atom stereocenters. The molecular weight excluding hydrogens is 336 g/mol. The van der Waals surface area contributed by atoms with E-state index in [4.69, 9.17) is 26.8 Å². The molecule has 0 saturated carbocycles. The Labute approximate surface area is 152 Å². The lowest BCUT2D eigenvalue weighted by atomic mass is 9.99. The fourth-order valence-electron chi connectivity index (χ4n) is 3.26. The second-order valence-electron chi connectivity index (χ2n) is 5.93. The van der Waals surface area contributed by atoms with Crippen LogP contribution in [0.25, 0.3) is 22.2 Å². The van der Waals surface area contributed by atoms with Crippen LogP contribution < -0.4 is 15.2 Å². The van der Waals surface area contributed by atoms with Gasteiger partial charge in [-0.2, -0.15) is 0 Å². The van der Waals surface area contributed by atoms with Crippen molar-refractivity contribution >= 4 is 22.5 Å². The van der Waals surface area contributed by atoms with E-state index in [1.807, 2.05) is 30.3 Å². The smallest absolute Gasteiger partial charge is 0.170 e. The van der Waals surface area contributed by atoms with E-state index in [0.717, 1.165) is 41.4 Å². The predicted molar refractivity (Wildman–Crippen MR) is 104 cm³/mol. The number of para-hydroxylation sites is 2. The summed E-state index contributed by atoms with van der Waals surface area (Å²) >= 11 is 6.42. The van der Waals surface area contributed by atoms with Crippen molar-refractivity contribution in [2.45, 2.75) is 19.3 Å². The van der Waals surface area contributed by atoms with Crippen molar-refractivity contribution in [1.82, 2.24) is 4.98 Å². The van der Waals surface area contributed by atoms with E-state index < -0.39 is 0 Å². The lowest BCUT2D eigenvalue weighted by Crippen LogP contribution is -2.00. The summed E-state index contributed by atoms with van der Waals surface area (Å²) in [6.45, 7) is 0.695. The van der Waals surface area contributed by atoms with Gasteiger partial charge in [-0.05, 0) is 49.6 Å². The van der Waals surface area contributed by atoms with E-state index in [-0.39, 0.29) is 0 Å². The van der Waals surface area contributed by atoms with Gasteiger partial charge in [-0.15, -0.1) is 0 Å². The molecule has 1 aromatic heterocycles. The Kier molecular flexibility index (Phi) is 5.51. The Hall–Kier alpha value is -2.17. The summed E-state index contributed by atoms with van der Waals surface area (Å²) in [6.07, 6.45) is 2.93. The standard InChI is InChI=1S/C20H23ClN2O2/c1-24-17-11-6-9-15(20(17)25-2)18-13(7-3-4-12-22)14-8-5-10-16(21)19(14)23-18/h5-6,8-11,23H,3-4,7,12,22H2,1-2H3. The Morgan fingerprint density at radius 3 is 2.56 bits per heavy atom. The van der Waals surface area contributed by atoms with Gasteiger partial charge in [0.1, 0.15) is 0 Å². The highest BCUT2D eigenvalue weighted by molar-refractivity contribution is 6.35. The van der Waals surface area contributed by atoms with Gasteiger partial charge >= 0.3 is 0 Å². The van der Waals surface area contributed by atoms with E-state index in [0.29, 0.717) is 23.1 Å². The molecule has 0 aliphatic heterocycles. The number of methoxy groups -OCH3 is 2. The molecule has 0 radical (unpaired) electrons. The van der Waals surface area contributed by atoms with Crippen LogP contribution in [0, 0.1) is 0 Å². The number of H-pyrrole nitrogens is 1. The van der Waals surface area contributed by atoms with E-state index >= 15 is 0 Å². The molecule has 0 spiro atoms. The summed E-state index contributed by atoms with van der Waals surface area (Å²) in [5.41, 5.74) is 9.85. The minimum absolute atomic E-state index is 0.695. The topological polar surface area (TPSA) is 60.3 Å². The van der Waals surface area contributed by atoms with E-state index in [1.54, 1.807) is 14.2 Å². The molecule has 0 saturated heterocycles. The summed E-state index contributed by atoms with van der Waals surface area (Å²) in [7, 11) is 3.30. The van der Waals surface area contributed by atoms with Crippen molar-refractivity contribution in [3.05, 3.63) is 47.0 Å². The van der Waals surface area contributed by atoms with Crippen LogP contribution in [0.1, 0.15) is 18.4 Å². The summed E-state index contributed by atoms with van der Waals surface area (Å²) in [4.78, 5) is 3.50. The molecule has 3 aromatic rings. The number of rotatable bonds is 7. The van der Waals surface area contributed by atoms with Crippen molar-refractivity contribution in [2.75, 3.05) is 20.8 Å². The first kappa shape index (κ1) is 17.6. The average molecular weight is 359 g/mol. The Morgan fingerprint density at radius 2 is 1.84 bits per heavy atom. The predicted octanol–water partition coefficient (Wildman–Crippen LogP) is 4.79. The number of hydrogen-bond donors (Lipinski definition) is 2. The quantitative estimate of drug-likeness (QED) is 0.597. The molecule has 3 N–H and O–H groups in total. The van der Waals surface area contributed by atoms with Crippen molar-refractivity contribution < 1.29 is 9.47 Å². The maximum absolute atomic E-state index is 6.42.